The minimum absolute atomic E-state index is 0.195. The molecule has 0 aromatic heterocycles. The SMILES string of the molecule is CC(C)(C)OC(=O)CC(=O)[C@H](N)CC1CCCCC1. The maximum absolute atomic E-state index is 11.9. The predicted molar refractivity (Wildman–Crippen MR) is 74.6 cm³/mol. The molecule has 2 N–H and O–H groups in total. The third kappa shape index (κ3) is 6.71. The highest BCUT2D eigenvalue weighted by molar-refractivity contribution is 5.98. The molecule has 4 heteroatoms. The first-order valence-electron chi connectivity index (χ1n) is 7.28. The van der Waals surface area contributed by atoms with E-state index in [2.05, 4.69) is 0 Å². The van der Waals surface area contributed by atoms with Gasteiger partial charge in [0.25, 0.3) is 0 Å². The zero-order valence-corrected chi connectivity index (χ0v) is 12.4. The fraction of sp³-hybridized carbons (Fsp3) is 0.867. The van der Waals surface area contributed by atoms with E-state index in [0.717, 1.165) is 12.8 Å². The number of rotatable bonds is 5. The monoisotopic (exact) mass is 269 g/mol. The van der Waals surface area contributed by atoms with Crippen molar-refractivity contribution < 1.29 is 14.3 Å². The maximum atomic E-state index is 11.9. The fourth-order valence-electron chi connectivity index (χ4n) is 2.56. The summed E-state index contributed by atoms with van der Waals surface area (Å²) in [7, 11) is 0. The minimum Gasteiger partial charge on any atom is -0.460 e. The summed E-state index contributed by atoms with van der Waals surface area (Å²) in [6.45, 7) is 5.37. The minimum atomic E-state index is -0.551. The van der Waals surface area contributed by atoms with Crippen LogP contribution in [0.25, 0.3) is 0 Å². The molecular formula is C15H27NO3. The predicted octanol–water partition coefficient (Wildman–Crippen LogP) is 2.58. The molecule has 0 spiro atoms. The standard InChI is InChI=1S/C15H27NO3/c1-15(2,3)19-14(18)10-13(17)12(16)9-11-7-5-4-6-8-11/h11-12H,4-10,16H2,1-3H3/t12-/m1/s1. The van der Waals surface area contributed by atoms with Crippen LogP contribution in [0.2, 0.25) is 0 Å². The molecular weight excluding hydrogens is 242 g/mol. The van der Waals surface area contributed by atoms with Gasteiger partial charge in [0, 0.05) is 0 Å². The lowest BCUT2D eigenvalue weighted by Gasteiger charge is -2.24. The van der Waals surface area contributed by atoms with Gasteiger partial charge in [-0.25, -0.2) is 0 Å². The highest BCUT2D eigenvalue weighted by Crippen LogP contribution is 2.27. The van der Waals surface area contributed by atoms with E-state index in [1.165, 1.54) is 19.3 Å². The molecule has 0 unspecified atom stereocenters. The molecule has 1 aliphatic carbocycles. The Bertz CT molecular complexity index is 314. The Kier molecular flexibility index (Phi) is 5.98. The van der Waals surface area contributed by atoms with Gasteiger partial charge in [0.05, 0.1) is 6.04 Å². The summed E-state index contributed by atoms with van der Waals surface area (Å²) in [5.74, 6) is -0.122. The highest BCUT2D eigenvalue weighted by atomic mass is 16.6. The van der Waals surface area contributed by atoms with Crippen LogP contribution in [0.5, 0.6) is 0 Å². The maximum Gasteiger partial charge on any atom is 0.313 e. The molecule has 1 aliphatic rings. The van der Waals surface area contributed by atoms with Crippen LogP contribution in [0.4, 0.5) is 0 Å². The zero-order chi connectivity index (χ0) is 14.5. The van der Waals surface area contributed by atoms with Gasteiger partial charge >= 0.3 is 5.97 Å². The highest BCUT2D eigenvalue weighted by Gasteiger charge is 2.25. The number of ketones is 1. The molecule has 1 saturated carbocycles. The summed E-state index contributed by atoms with van der Waals surface area (Å²) in [6.07, 6.45) is 6.58. The van der Waals surface area contributed by atoms with Gasteiger partial charge in [0.2, 0.25) is 0 Å². The van der Waals surface area contributed by atoms with Crippen LogP contribution in [0.15, 0.2) is 0 Å². The molecule has 0 radical (unpaired) electrons. The summed E-state index contributed by atoms with van der Waals surface area (Å²) in [5.41, 5.74) is 5.35. The molecule has 1 fully saturated rings. The summed E-state index contributed by atoms with van der Waals surface area (Å²) in [4.78, 5) is 23.5. The number of carbonyl (C=O) groups is 2. The van der Waals surface area contributed by atoms with E-state index in [4.69, 9.17) is 10.5 Å². The van der Waals surface area contributed by atoms with Gasteiger partial charge in [-0.3, -0.25) is 9.59 Å². The second kappa shape index (κ2) is 7.04. The Morgan fingerprint density at radius 2 is 1.79 bits per heavy atom. The van der Waals surface area contributed by atoms with Gasteiger partial charge < -0.3 is 10.5 Å². The second-order valence-corrected chi connectivity index (χ2v) is 6.58. The molecule has 0 saturated heterocycles. The molecule has 0 heterocycles. The first-order valence-corrected chi connectivity index (χ1v) is 7.28. The van der Waals surface area contributed by atoms with Crippen LogP contribution in [-0.4, -0.2) is 23.4 Å². The Morgan fingerprint density at radius 3 is 2.32 bits per heavy atom. The van der Waals surface area contributed by atoms with Crippen molar-refractivity contribution in [2.75, 3.05) is 0 Å². The number of nitrogens with two attached hydrogens (primary N) is 1. The lowest BCUT2D eigenvalue weighted by Crippen LogP contribution is -2.36. The van der Waals surface area contributed by atoms with Crippen molar-refractivity contribution >= 4 is 11.8 Å². The molecule has 0 aromatic rings. The third-order valence-corrected chi connectivity index (χ3v) is 3.46. The summed E-state index contributed by atoms with van der Waals surface area (Å²) in [6, 6.07) is -0.518. The van der Waals surface area contributed by atoms with Crippen molar-refractivity contribution in [3.63, 3.8) is 0 Å². The summed E-state index contributed by atoms with van der Waals surface area (Å²) in [5, 5.41) is 0. The molecule has 1 rings (SSSR count). The molecule has 0 bridgehead atoms. The molecule has 19 heavy (non-hydrogen) atoms. The number of hydrogen-bond donors (Lipinski definition) is 1. The van der Waals surface area contributed by atoms with Crippen molar-refractivity contribution in [3.05, 3.63) is 0 Å². The number of Topliss-reactive ketones (excluding diaryl/α,β-unsaturated/α-hetero) is 1. The van der Waals surface area contributed by atoms with Crippen molar-refractivity contribution in [1.82, 2.24) is 0 Å². The molecule has 4 nitrogen and oxygen atoms in total. The number of carbonyl (C=O) groups excluding carboxylic acids is 2. The van der Waals surface area contributed by atoms with E-state index in [1.807, 2.05) is 0 Å². The Hall–Kier alpha value is -0.900. The lowest BCUT2D eigenvalue weighted by molar-refractivity contribution is -0.156. The molecule has 1 atom stereocenters. The van der Waals surface area contributed by atoms with E-state index in [-0.39, 0.29) is 12.2 Å². The number of esters is 1. The molecule has 0 amide bonds. The van der Waals surface area contributed by atoms with E-state index in [1.54, 1.807) is 20.8 Å². The Labute approximate surface area is 116 Å². The molecule has 0 aliphatic heterocycles. The van der Waals surface area contributed by atoms with Gasteiger partial charge in [-0.15, -0.1) is 0 Å². The summed E-state index contributed by atoms with van der Waals surface area (Å²) < 4.78 is 5.13. The van der Waals surface area contributed by atoms with Gasteiger partial charge in [-0.1, -0.05) is 32.1 Å². The van der Waals surface area contributed by atoms with Crippen LogP contribution >= 0.6 is 0 Å². The zero-order valence-electron chi connectivity index (χ0n) is 12.4. The smallest absolute Gasteiger partial charge is 0.313 e. The normalized spacial score (nSPS) is 18.9. The first-order chi connectivity index (χ1) is 8.78. The van der Waals surface area contributed by atoms with E-state index >= 15 is 0 Å². The van der Waals surface area contributed by atoms with Crippen molar-refractivity contribution in [2.24, 2.45) is 11.7 Å². The average Bonchev–Trinajstić information content (AvgIpc) is 2.27. The van der Waals surface area contributed by atoms with Gasteiger partial charge in [0.1, 0.15) is 12.0 Å². The van der Waals surface area contributed by atoms with Crippen molar-refractivity contribution in [3.8, 4) is 0 Å². The van der Waals surface area contributed by atoms with Crippen molar-refractivity contribution in [1.29, 1.82) is 0 Å². The summed E-state index contributed by atoms with van der Waals surface area (Å²) >= 11 is 0. The molecule has 110 valence electrons. The van der Waals surface area contributed by atoms with E-state index < -0.39 is 17.6 Å². The van der Waals surface area contributed by atoms with Gasteiger partial charge in [-0.05, 0) is 33.1 Å². The second-order valence-electron chi connectivity index (χ2n) is 6.58. The van der Waals surface area contributed by atoms with Crippen LogP contribution in [0.3, 0.4) is 0 Å². The quantitative estimate of drug-likeness (QED) is 0.615. The van der Waals surface area contributed by atoms with Crippen LogP contribution in [0, 0.1) is 5.92 Å². The number of ether oxygens (including phenoxy) is 1. The van der Waals surface area contributed by atoms with Crippen LogP contribution in [0.1, 0.15) is 65.7 Å². The fourth-order valence-corrected chi connectivity index (χ4v) is 2.56. The van der Waals surface area contributed by atoms with Crippen molar-refractivity contribution in [2.45, 2.75) is 77.4 Å². The number of hydrogen-bond acceptors (Lipinski definition) is 4. The molecule has 0 aromatic carbocycles. The first kappa shape index (κ1) is 16.2. The van der Waals surface area contributed by atoms with Crippen LogP contribution in [-0.2, 0) is 14.3 Å². The Balaban J connectivity index is 2.33. The van der Waals surface area contributed by atoms with E-state index in [9.17, 15) is 9.59 Å². The van der Waals surface area contributed by atoms with Gasteiger partial charge in [0.15, 0.2) is 5.78 Å². The van der Waals surface area contributed by atoms with Gasteiger partial charge in [-0.2, -0.15) is 0 Å². The van der Waals surface area contributed by atoms with Crippen LogP contribution < -0.4 is 5.73 Å². The average molecular weight is 269 g/mol. The topological polar surface area (TPSA) is 69.4 Å². The largest absolute Gasteiger partial charge is 0.460 e. The third-order valence-electron chi connectivity index (χ3n) is 3.46. The Morgan fingerprint density at radius 1 is 1.21 bits per heavy atom. The lowest BCUT2D eigenvalue weighted by atomic mass is 9.84. The van der Waals surface area contributed by atoms with E-state index in [0.29, 0.717) is 12.3 Å².